The fourth-order valence-electron chi connectivity index (χ4n) is 1.30. The normalized spacial score (nSPS) is 16.6. The van der Waals surface area contributed by atoms with Crippen LogP contribution in [0.25, 0.3) is 0 Å². The molecule has 17 heavy (non-hydrogen) atoms. The molecule has 1 saturated heterocycles. The van der Waals surface area contributed by atoms with Gasteiger partial charge in [0.2, 0.25) is 5.88 Å². The Kier molecular flexibility index (Phi) is 3.59. The van der Waals surface area contributed by atoms with Crippen molar-refractivity contribution in [2.24, 2.45) is 0 Å². The van der Waals surface area contributed by atoms with Gasteiger partial charge in [-0.25, -0.2) is 4.98 Å². The first-order valence-electron chi connectivity index (χ1n) is 5.83. The molecule has 0 bridgehead atoms. The van der Waals surface area contributed by atoms with Crippen molar-refractivity contribution in [2.75, 3.05) is 13.2 Å². The van der Waals surface area contributed by atoms with Gasteiger partial charge in [0.25, 0.3) is 0 Å². The lowest BCUT2D eigenvalue weighted by atomic mass is 10.1. The predicted molar refractivity (Wildman–Crippen MR) is 63.9 cm³/mol. The largest absolute Gasteiger partial charge is 0.468 e. The lowest BCUT2D eigenvalue weighted by molar-refractivity contribution is -0.0814. The molecule has 94 valence electrons. The van der Waals surface area contributed by atoms with E-state index in [1.807, 2.05) is 0 Å². The Bertz CT molecular complexity index is 355. The van der Waals surface area contributed by atoms with Gasteiger partial charge in [0.05, 0.1) is 31.3 Å². The van der Waals surface area contributed by atoms with Crippen molar-refractivity contribution < 1.29 is 9.47 Å². The van der Waals surface area contributed by atoms with Gasteiger partial charge in [-0.1, -0.05) is 0 Å². The summed E-state index contributed by atoms with van der Waals surface area (Å²) in [4.78, 5) is 8.52. The summed E-state index contributed by atoms with van der Waals surface area (Å²) in [6, 6.07) is 0. The van der Waals surface area contributed by atoms with E-state index < -0.39 is 0 Å². The van der Waals surface area contributed by atoms with Crippen LogP contribution in [-0.2, 0) is 11.3 Å². The molecule has 0 saturated carbocycles. The first-order chi connectivity index (χ1) is 8.03. The zero-order valence-corrected chi connectivity index (χ0v) is 10.6. The number of aromatic nitrogens is 2. The SMILES string of the molecule is CC(C)(C)NCc1cnc(OC2COC2)cn1. The number of nitrogens with one attached hydrogen (secondary N) is 1. The summed E-state index contributed by atoms with van der Waals surface area (Å²) in [6.07, 6.45) is 3.55. The van der Waals surface area contributed by atoms with Gasteiger partial charge in [0.1, 0.15) is 6.10 Å². The third-order valence-electron chi connectivity index (χ3n) is 2.38. The van der Waals surface area contributed by atoms with Crippen LogP contribution >= 0.6 is 0 Å². The summed E-state index contributed by atoms with van der Waals surface area (Å²) in [6.45, 7) is 8.37. The van der Waals surface area contributed by atoms with Crippen LogP contribution in [0, 0.1) is 0 Å². The van der Waals surface area contributed by atoms with Crippen LogP contribution in [0.1, 0.15) is 26.5 Å². The molecule has 1 N–H and O–H groups in total. The smallest absolute Gasteiger partial charge is 0.232 e. The fourth-order valence-corrected chi connectivity index (χ4v) is 1.30. The van der Waals surface area contributed by atoms with E-state index in [0.717, 1.165) is 5.69 Å². The number of ether oxygens (including phenoxy) is 2. The van der Waals surface area contributed by atoms with Crippen LogP contribution in [0.15, 0.2) is 12.4 Å². The van der Waals surface area contributed by atoms with Gasteiger partial charge in [0, 0.05) is 12.1 Å². The summed E-state index contributed by atoms with van der Waals surface area (Å²) in [5.74, 6) is 0.567. The average molecular weight is 237 g/mol. The highest BCUT2D eigenvalue weighted by Gasteiger charge is 2.20. The molecule has 0 radical (unpaired) electrons. The van der Waals surface area contributed by atoms with Gasteiger partial charge in [-0.05, 0) is 20.8 Å². The minimum atomic E-state index is 0.0835. The highest BCUT2D eigenvalue weighted by atomic mass is 16.6. The predicted octanol–water partition coefficient (Wildman–Crippen LogP) is 1.14. The lowest BCUT2D eigenvalue weighted by Crippen LogP contribution is -2.38. The van der Waals surface area contributed by atoms with Crippen LogP contribution in [0.5, 0.6) is 5.88 Å². The maximum absolute atomic E-state index is 5.53. The van der Waals surface area contributed by atoms with E-state index in [2.05, 4.69) is 36.1 Å². The molecule has 0 spiro atoms. The highest BCUT2D eigenvalue weighted by Crippen LogP contribution is 2.12. The number of hydrogen-bond acceptors (Lipinski definition) is 5. The molecule has 0 unspecified atom stereocenters. The van der Waals surface area contributed by atoms with E-state index in [0.29, 0.717) is 25.6 Å². The van der Waals surface area contributed by atoms with Gasteiger partial charge < -0.3 is 14.8 Å². The third kappa shape index (κ3) is 3.94. The van der Waals surface area contributed by atoms with E-state index in [1.54, 1.807) is 12.4 Å². The molecule has 0 amide bonds. The van der Waals surface area contributed by atoms with Crippen LogP contribution < -0.4 is 10.1 Å². The fraction of sp³-hybridized carbons (Fsp3) is 0.667. The van der Waals surface area contributed by atoms with Gasteiger partial charge >= 0.3 is 0 Å². The van der Waals surface area contributed by atoms with E-state index in [4.69, 9.17) is 9.47 Å². The molecule has 1 fully saturated rings. The molecule has 2 heterocycles. The zero-order chi connectivity index (χ0) is 12.3. The van der Waals surface area contributed by atoms with Gasteiger partial charge in [0.15, 0.2) is 0 Å². The van der Waals surface area contributed by atoms with Crippen molar-refractivity contribution in [3.8, 4) is 5.88 Å². The Hall–Kier alpha value is -1.20. The summed E-state index contributed by atoms with van der Waals surface area (Å²) >= 11 is 0. The molecular formula is C12H19N3O2. The highest BCUT2D eigenvalue weighted by molar-refractivity contribution is 5.08. The van der Waals surface area contributed by atoms with E-state index >= 15 is 0 Å². The molecule has 2 rings (SSSR count). The second kappa shape index (κ2) is 4.98. The van der Waals surface area contributed by atoms with E-state index in [-0.39, 0.29) is 11.6 Å². The standard InChI is InChI=1S/C12H19N3O2/c1-12(2,3)15-5-9-4-14-11(6-13-9)17-10-7-16-8-10/h4,6,10,15H,5,7-8H2,1-3H3. The summed E-state index contributed by atoms with van der Waals surface area (Å²) in [5, 5.41) is 3.36. The average Bonchev–Trinajstić information content (AvgIpc) is 2.21. The van der Waals surface area contributed by atoms with Crippen molar-refractivity contribution in [2.45, 2.75) is 39.0 Å². The van der Waals surface area contributed by atoms with E-state index in [9.17, 15) is 0 Å². The van der Waals surface area contributed by atoms with E-state index in [1.165, 1.54) is 0 Å². The molecule has 5 heteroatoms. The van der Waals surface area contributed by atoms with Crippen LogP contribution in [0.2, 0.25) is 0 Å². The molecular weight excluding hydrogens is 218 g/mol. The topological polar surface area (TPSA) is 56.3 Å². The molecule has 1 aliphatic heterocycles. The Labute approximate surface area is 102 Å². The molecule has 0 aliphatic carbocycles. The first-order valence-corrected chi connectivity index (χ1v) is 5.83. The minimum absolute atomic E-state index is 0.0835. The number of nitrogens with zero attached hydrogens (tertiary/aromatic N) is 2. The molecule has 0 aromatic carbocycles. The Balaban J connectivity index is 1.84. The number of rotatable bonds is 4. The first kappa shape index (κ1) is 12.3. The van der Waals surface area contributed by atoms with Crippen LogP contribution in [-0.4, -0.2) is 34.8 Å². The van der Waals surface area contributed by atoms with Crippen molar-refractivity contribution in [3.63, 3.8) is 0 Å². The van der Waals surface area contributed by atoms with Crippen molar-refractivity contribution in [1.29, 1.82) is 0 Å². The van der Waals surface area contributed by atoms with Crippen molar-refractivity contribution in [1.82, 2.24) is 15.3 Å². The summed E-state index contributed by atoms with van der Waals surface area (Å²) < 4.78 is 10.6. The summed E-state index contributed by atoms with van der Waals surface area (Å²) in [7, 11) is 0. The molecule has 0 atom stereocenters. The van der Waals surface area contributed by atoms with Gasteiger partial charge in [-0.15, -0.1) is 0 Å². The van der Waals surface area contributed by atoms with Crippen molar-refractivity contribution in [3.05, 3.63) is 18.1 Å². The third-order valence-corrected chi connectivity index (χ3v) is 2.38. The number of hydrogen-bond donors (Lipinski definition) is 1. The van der Waals surface area contributed by atoms with Gasteiger partial charge in [-0.2, -0.15) is 0 Å². The van der Waals surface area contributed by atoms with Crippen LogP contribution in [0.3, 0.4) is 0 Å². The molecule has 1 aliphatic rings. The maximum atomic E-state index is 5.53. The molecule has 1 aromatic rings. The quantitative estimate of drug-likeness (QED) is 0.851. The Morgan fingerprint density at radius 2 is 2.12 bits per heavy atom. The maximum Gasteiger partial charge on any atom is 0.232 e. The minimum Gasteiger partial charge on any atom is -0.468 e. The Morgan fingerprint density at radius 1 is 1.35 bits per heavy atom. The zero-order valence-electron chi connectivity index (χ0n) is 10.6. The van der Waals surface area contributed by atoms with Crippen LogP contribution in [0.4, 0.5) is 0 Å². The monoisotopic (exact) mass is 237 g/mol. The molecule has 5 nitrogen and oxygen atoms in total. The second-order valence-corrected chi connectivity index (χ2v) is 5.23. The Morgan fingerprint density at radius 3 is 2.59 bits per heavy atom. The molecule has 1 aromatic heterocycles. The second-order valence-electron chi connectivity index (χ2n) is 5.23. The van der Waals surface area contributed by atoms with Crippen molar-refractivity contribution >= 4 is 0 Å². The van der Waals surface area contributed by atoms with Gasteiger partial charge in [-0.3, -0.25) is 4.98 Å². The lowest BCUT2D eigenvalue weighted by Gasteiger charge is -2.25. The summed E-state index contributed by atoms with van der Waals surface area (Å²) in [5.41, 5.74) is 0.997.